The van der Waals surface area contributed by atoms with Crippen LogP contribution >= 0.6 is 12.2 Å². The molecule has 3 nitrogen and oxygen atoms in total. The van der Waals surface area contributed by atoms with E-state index in [9.17, 15) is 9.18 Å². The van der Waals surface area contributed by atoms with Gasteiger partial charge < -0.3 is 10.6 Å². The van der Waals surface area contributed by atoms with Crippen molar-refractivity contribution in [2.24, 2.45) is 5.41 Å². The summed E-state index contributed by atoms with van der Waals surface area (Å²) in [4.78, 5) is 12.5. The van der Waals surface area contributed by atoms with Gasteiger partial charge in [-0.1, -0.05) is 26.0 Å². The molecule has 0 spiro atoms. The van der Waals surface area contributed by atoms with E-state index in [4.69, 9.17) is 12.2 Å². The lowest BCUT2D eigenvalue weighted by molar-refractivity contribution is -0.118. The van der Waals surface area contributed by atoms with Crippen molar-refractivity contribution in [1.82, 2.24) is 10.6 Å². The number of hydrogen-bond donors (Lipinski definition) is 2. The van der Waals surface area contributed by atoms with Crippen LogP contribution in [0.3, 0.4) is 0 Å². The van der Waals surface area contributed by atoms with Crippen LogP contribution in [0.25, 0.3) is 0 Å². The van der Waals surface area contributed by atoms with E-state index in [2.05, 4.69) is 24.5 Å². The van der Waals surface area contributed by atoms with Crippen molar-refractivity contribution in [3.8, 4) is 0 Å². The van der Waals surface area contributed by atoms with Gasteiger partial charge in [0.15, 0.2) is 10.9 Å². The average molecular weight is 304 g/mol. The Bertz CT molecular complexity index is 666. The number of hydrogen-bond acceptors (Lipinski definition) is 2. The van der Waals surface area contributed by atoms with Crippen molar-refractivity contribution in [1.29, 1.82) is 0 Å². The van der Waals surface area contributed by atoms with Gasteiger partial charge in [0.05, 0.1) is 6.04 Å². The lowest BCUT2D eigenvalue weighted by Gasteiger charge is -2.39. The van der Waals surface area contributed by atoms with E-state index in [1.165, 1.54) is 12.1 Å². The number of carbonyl (C=O) groups excluding carboxylic acids is 1. The van der Waals surface area contributed by atoms with Crippen molar-refractivity contribution >= 4 is 23.1 Å². The Morgan fingerprint density at radius 3 is 2.81 bits per heavy atom. The summed E-state index contributed by atoms with van der Waals surface area (Å²) in [6, 6.07) is 5.93. The van der Waals surface area contributed by atoms with Crippen LogP contribution in [0.4, 0.5) is 4.39 Å². The van der Waals surface area contributed by atoms with E-state index in [-0.39, 0.29) is 23.1 Å². The minimum Gasteiger partial charge on any atom is -0.351 e. The van der Waals surface area contributed by atoms with Crippen molar-refractivity contribution in [3.63, 3.8) is 0 Å². The highest BCUT2D eigenvalue weighted by Gasteiger charge is 2.39. The van der Waals surface area contributed by atoms with E-state index in [0.717, 1.165) is 17.7 Å². The molecular weight excluding hydrogens is 287 g/mol. The first-order valence-electron chi connectivity index (χ1n) is 6.95. The van der Waals surface area contributed by atoms with Crippen LogP contribution in [-0.4, -0.2) is 10.9 Å². The summed E-state index contributed by atoms with van der Waals surface area (Å²) in [5.74, 6) is -0.220. The van der Waals surface area contributed by atoms with Gasteiger partial charge in [-0.05, 0) is 41.7 Å². The molecule has 0 saturated carbocycles. The number of ketones is 1. The Kier molecular flexibility index (Phi) is 3.32. The first-order valence-corrected chi connectivity index (χ1v) is 7.36. The van der Waals surface area contributed by atoms with Crippen LogP contribution in [-0.2, 0) is 4.79 Å². The zero-order valence-corrected chi connectivity index (χ0v) is 12.8. The first kappa shape index (κ1) is 14.2. The molecule has 1 atom stereocenters. The standard InChI is InChI=1S/C16H17FN2OS/c1-16(2)7-11-13(12(20)8-16)14(19-15(21)18-11)9-4-3-5-10(17)6-9/h3-6,14H,7-8H2,1-2H3,(H2,18,19,21)/t14-/m0/s1. The highest BCUT2D eigenvalue weighted by Crippen LogP contribution is 2.41. The molecule has 0 aromatic heterocycles. The minimum absolute atomic E-state index is 0.0810. The quantitative estimate of drug-likeness (QED) is 0.783. The predicted octanol–water partition coefficient (Wildman–Crippen LogP) is 2.99. The normalized spacial score (nSPS) is 24.2. The highest BCUT2D eigenvalue weighted by atomic mass is 32.1. The summed E-state index contributed by atoms with van der Waals surface area (Å²) in [5, 5.41) is 6.68. The second-order valence-corrected chi connectivity index (χ2v) is 6.83. The van der Waals surface area contributed by atoms with Crippen LogP contribution in [0, 0.1) is 11.2 Å². The number of halogens is 1. The van der Waals surface area contributed by atoms with E-state index >= 15 is 0 Å². The maximum atomic E-state index is 13.5. The first-order chi connectivity index (χ1) is 9.85. The van der Waals surface area contributed by atoms with E-state index in [0.29, 0.717) is 17.1 Å². The molecule has 0 bridgehead atoms. The summed E-state index contributed by atoms with van der Waals surface area (Å²) in [7, 11) is 0. The largest absolute Gasteiger partial charge is 0.351 e. The molecule has 1 heterocycles. The number of nitrogens with one attached hydrogen (secondary N) is 2. The van der Waals surface area contributed by atoms with E-state index in [1.807, 2.05) is 6.07 Å². The third kappa shape index (κ3) is 2.70. The molecule has 5 heteroatoms. The molecule has 2 aliphatic rings. The third-order valence-electron chi connectivity index (χ3n) is 3.93. The number of Topliss-reactive ketones (excluding diaryl/α,β-unsaturated/α-hetero) is 1. The van der Waals surface area contributed by atoms with Crippen molar-refractivity contribution in [2.45, 2.75) is 32.7 Å². The summed E-state index contributed by atoms with van der Waals surface area (Å²) >= 11 is 5.24. The Hall–Kier alpha value is -1.75. The molecule has 3 rings (SSSR count). The molecule has 1 aliphatic carbocycles. The minimum atomic E-state index is -0.368. The second-order valence-electron chi connectivity index (χ2n) is 6.42. The Labute approximate surface area is 128 Å². The molecule has 0 saturated heterocycles. The molecule has 0 fully saturated rings. The molecule has 1 aliphatic heterocycles. The highest BCUT2D eigenvalue weighted by molar-refractivity contribution is 7.80. The van der Waals surface area contributed by atoms with Crippen LogP contribution in [0.2, 0.25) is 0 Å². The number of carbonyl (C=O) groups is 1. The van der Waals surface area contributed by atoms with Crippen LogP contribution in [0.5, 0.6) is 0 Å². The van der Waals surface area contributed by atoms with Gasteiger partial charge in [0.25, 0.3) is 0 Å². The molecule has 1 aromatic rings. The fourth-order valence-electron chi connectivity index (χ4n) is 3.09. The molecule has 0 radical (unpaired) electrons. The van der Waals surface area contributed by atoms with Crippen molar-refractivity contribution in [2.75, 3.05) is 0 Å². The molecule has 0 unspecified atom stereocenters. The summed E-state index contributed by atoms with van der Waals surface area (Å²) in [5.41, 5.74) is 2.20. The molecule has 110 valence electrons. The Morgan fingerprint density at radius 2 is 2.10 bits per heavy atom. The Balaban J connectivity index is 2.08. The van der Waals surface area contributed by atoms with Gasteiger partial charge in [0.1, 0.15) is 5.82 Å². The number of thiocarbonyl (C=S) groups is 1. The van der Waals surface area contributed by atoms with Gasteiger partial charge in [-0.25, -0.2) is 4.39 Å². The summed E-state index contributed by atoms with van der Waals surface area (Å²) in [6.07, 6.45) is 1.26. The van der Waals surface area contributed by atoms with Crippen LogP contribution < -0.4 is 10.6 Å². The van der Waals surface area contributed by atoms with Crippen LogP contribution in [0.15, 0.2) is 35.5 Å². The number of benzene rings is 1. The molecular formula is C16H17FN2OS. The third-order valence-corrected chi connectivity index (χ3v) is 4.15. The number of rotatable bonds is 1. The second kappa shape index (κ2) is 4.91. The molecule has 0 amide bonds. The fraction of sp³-hybridized carbons (Fsp3) is 0.375. The lowest BCUT2D eigenvalue weighted by Crippen LogP contribution is -2.48. The SMILES string of the molecule is CC1(C)CC(=O)C2=C(C1)NC(=S)N[C@H]2c1cccc(F)c1. The lowest BCUT2D eigenvalue weighted by atomic mass is 9.73. The summed E-state index contributed by atoms with van der Waals surface area (Å²) in [6.45, 7) is 4.14. The Morgan fingerprint density at radius 1 is 1.33 bits per heavy atom. The van der Waals surface area contributed by atoms with Crippen LogP contribution in [0.1, 0.15) is 38.3 Å². The van der Waals surface area contributed by atoms with Gasteiger partial charge in [-0.15, -0.1) is 0 Å². The zero-order valence-electron chi connectivity index (χ0n) is 12.0. The smallest absolute Gasteiger partial charge is 0.171 e. The molecule has 2 N–H and O–H groups in total. The predicted molar refractivity (Wildman–Crippen MR) is 83.1 cm³/mol. The van der Waals surface area contributed by atoms with Gasteiger partial charge in [0, 0.05) is 17.7 Å². The molecule has 21 heavy (non-hydrogen) atoms. The average Bonchev–Trinajstić information content (AvgIpc) is 2.35. The monoisotopic (exact) mass is 304 g/mol. The van der Waals surface area contributed by atoms with E-state index < -0.39 is 0 Å². The topological polar surface area (TPSA) is 41.1 Å². The zero-order chi connectivity index (χ0) is 15.2. The van der Waals surface area contributed by atoms with Gasteiger partial charge in [-0.2, -0.15) is 0 Å². The number of allylic oxidation sites excluding steroid dienone is 1. The van der Waals surface area contributed by atoms with Gasteiger partial charge in [-0.3, -0.25) is 4.79 Å². The molecule has 1 aromatic carbocycles. The van der Waals surface area contributed by atoms with E-state index in [1.54, 1.807) is 6.07 Å². The fourth-order valence-corrected chi connectivity index (χ4v) is 3.33. The van der Waals surface area contributed by atoms with Crippen molar-refractivity contribution in [3.05, 3.63) is 46.9 Å². The van der Waals surface area contributed by atoms with Gasteiger partial charge >= 0.3 is 0 Å². The maximum Gasteiger partial charge on any atom is 0.171 e. The van der Waals surface area contributed by atoms with Crippen molar-refractivity contribution < 1.29 is 9.18 Å². The maximum absolute atomic E-state index is 13.5. The summed E-state index contributed by atoms with van der Waals surface area (Å²) < 4.78 is 13.5. The van der Waals surface area contributed by atoms with Gasteiger partial charge in [0.2, 0.25) is 0 Å².